The van der Waals surface area contributed by atoms with Crippen LogP contribution in [0.3, 0.4) is 0 Å². The summed E-state index contributed by atoms with van der Waals surface area (Å²) in [5, 5.41) is 5.05. The van der Waals surface area contributed by atoms with Gasteiger partial charge in [-0.1, -0.05) is 77.8 Å². The van der Waals surface area contributed by atoms with Crippen molar-refractivity contribution >= 4 is 35.2 Å². The van der Waals surface area contributed by atoms with Gasteiger partial charge in [-0.05, 0) is 22.8 Å². The fourth-order valence-corrected chi connectivity index (χ4v) is 2.48. The summed E-state index contributed by atoms with van der Waals surface area (Å²) in [5.41, 5.74) is 6.13. The molecule has 0 amide bonds. The van der Waals surface area contributed by atoms with E-state index in [1.807, 2.05) is 30.3 Å². The van der Waals surface area contributed by atoms with Crippen molar-refractivity contribution in [1.82, 2.24) is 4.98 Å². The van der Waals surface area contributed by atoms with E-state index >= 15 is 0 Å². The molecule has 0 atom stereocenters. The van der Waals surface area contributed by atoms with Crippen molar-refractivity contribution < 1.29 is 0 Å². The molecular formula is C18H13Cl2N3. The lowest BCUT2D eigenvalue weighted by Gasteiger charge is -2.03. The van der Waals surface area contributed by atoms with E-state index < -0.39 is 0 Å². The summed E-state index contributed by atoms with van der Waals surface area (Å²) in [5.74, 6) is 0.466. The molecule has 0 bridgehead atoms. The molecule has 0 aliphatic carbocycles. The van der Waals surface area contributed by atoms with Crippen molar-refractivity contribution in [2.45, 2.75) is 0 Å². The van der Waals surface area contributed by atoms with Crippen molar-refractivity contribution in [3.8, 4) is 11.1 Å². The first-order chi connectivity index (χ1) is 11.2. The standard InChI is InChI=1S/C18H13Cl2N3/c19-16-10-17(20)18(21-12-16)23-22-11-13-6-8-15(9-7-13)14-4-2-1-3-5-14/h1-12H,(H,21,23)/b22-11+. The van der Waals surface area contributed by atoms with Crippen molar-refractivity contribution in [3.63, 3.8) is 0 Å². The van der Waals surface area contributed by atoms with Crippen LogP contribution >= 0.6 is 23.2 Å². The first kappa shape index (κ1) is 15.5. The maximum Gasteiger partial charge on any atom is 0.165 e. The highest BCUT2D eigenvalue weighted by atomic mass is 35.5. The van der Waals surface area contributed by atoms with Crippen LogP contribution in [0.1, 0.15) is 5.56 Å². The van der Waals surface area contributed by atoms with Crippen LogP contribution in [0, 0.1) is 0 Å². The Bertz CT molecular complexity index is 815. The molecule has 2 aromatic carbocycles. The molecule has 1 aromatic heterocycles. The summed E-state index contributed by atoms with van der Waals surface area (Å²) in [6.07, 6.45) is 3.22. The third-order valence-electron chi connectivity index (χ3n) is 3.21. The Morgan fingerprint density at radius 2 is 1.61 bits per heavy atom. The molecule has 3 rings (SSSR count). The summed E-state index contributed by atoms with van der Waals surface area (Å²) >= 11 is 11.8. The van der Waals surface area contributed by atoms with Gasteiger partial charge < -0.3 is 0 Å². The molecule has 23 heavy (non-hydrogen) atoms. The highest BCUT2D eigenvalue weighted by molar-refractivity contribution is 6.35. The molecule has 0 saturated carbocycles. The Kier molecular flexibility index (Phi) is 4.91. The van der Waals surface area contributed by atoms with Gasteiger partial charge in [0.2, 0.25) is 0 Å². The van der Waals surface area contributed by atoms with Gasteiger partial charge in [0.1, 0.15) is 0 Å². The maximum atomic E-state index is 6.02. The number of hydrogen-bond donors (Lipinski definition) is 1. The summed E-state index contributed by atoms with van der Waals surface area (Å²) in [6.45, 7) is 0. The molecule has 0 fully saturated rings. The third kappa shape index (κ3) is 4.09. The molecule has 0 spiro atoms. The lowest BCUT2D eigenvalue weighted by atomic mass is 10.0. The van der Waals surface area contributed by atoms with Gasteiger partial charge in [-0.3, -0.25) is 5.43 Å². The SMILES string of the molecule is Clc1cnc(N/N=C/c2ccc(-c3ccccc3)cc2)c(Cl)c1. The maximum absolute atomic E-state index is 6.02. The van der Waals surface area contributed by atoms with Gasteiger partial charge in [0, 0.05) is 6.20 Å². The van der Waals surface area contributed by atoms with Crippen LogP contribution in [-0.2, 0) is 0 Å². The summed E-state index contributed by atoms with van der Waals surface area (Å²) < 4.78 is 0. The number of hydrazone groups is 1. The van der Waals surface area contributed by atoms with E-state index in [1.54, 1.807) is 12.3 Å². The van der Waals surface area contributed by atoms with E-state index in [4.69, 9.17) is 23.2 Å². The lowest BCUT2D eigenvalue weighted by molar-refractivity contribution is 1.23. The molecular weight excluding hydrogens is 329 g/mol. The van der Waals surface area contributed by atoms with Crippen molar-refractivity contribution in [2.75, 3.05) is 5.43 Å². The zero-order chi connectivity index (χ0) is 16.1. The minimum atomic E-state index is 0.425. The number of nitrogens with one attached hydrogen (secondary N) is 1. The average Bonchev–Trinajstić information content (AvgIpc) is 2.58. The van der Waals surface area contributed by atoms with E-state index in [0.29, 0.717) is 15.9 Å². The second-order valence-corrected chi connectivity index (χ2v) is 5.69. The number of benzene rings is 2. The zero-order valence-electron chi connectivity index (χ0n) is 12.1. The second kappa shape index (κ2) is 7.27. The monoisotopic (exact) mass is 341 g/mol. The molecule has 0 radical (unpaired) electrons. The largest absolute Gasteiger partial charge is 0.260 e. The van der Waals surface area contributed by atoms with Crippen LogP contribution in [-0.4, -0.2) is 11.2 Å². The summed E-state index contributed by atoms with van der Waals surface area (Å²) in [6, 6.07) is 20.0. The molecule has 1 heterocycles. The topological polar surface area (TPSA) is 37.3 Å². The van der Waals surface area contributed by atoms with Crippen LogP contribution in [0.2, 0.25) is 10.0 Å². The fourth-order valence-electron chi connectivity index (χ4n) is 2.06. The van der Waals surface area contributed by atoms with Gasteiger partial charge in [-0.2, -0.15) is 5.10 Å². The van der Waals surface area contributed by atoms with E-state index in [2.05, 4.69) is 39.8 Å². The molecule has 3 aromatic rings. The molecule has 0 saturated heterocycles. The lowest BCUT2D eigenvalue weighted by Crippen LogP contribution is -1.94. The molecule has 114 valence electrons. The van der Waals surface area contributed by atoms with E-state index in [9.17, 15) is 0 Å². The van der Waals surface area contributed by atoms with Crippen molar-refractivity contribution in [2.24, 2.45) is 5.10 Å². The molecule has 1 N–H and O–H groups in total. The van der Waals surface area contributed by atoms with Gasteiger partial charge in [0.25, 0.3) is 0 Å². The van der Waals surface area contributed by atoms with E-state index in [0.717, 1.165) is 11.1 Å². The average molecular weight is 342 g/mol. The Hall–Kier alpha value is -2.36. The first-order valence-corrected chi connectivity index (χ1v) is 7.73. The Labute approximate surface area is 144 Å². The summed E-state index contributed by atoms with van der Waals surface area (Å²) in [7, 11) is 0. The highest BCUT2D eigenvalue weighted by Gasteiger charge is 2.01. The number of halogens is 2. The fraction of sp³-hybridized carbons (Fsp3) is 0. The Morgan fingerprint density at radius 1 is 0.913 bits per heavy atom. The van der Waals surface area contributed by atoms with Gasteiger partial charge in [0.05, 0.1) is 16.3 Å². The highest BCUT2D eigenvalue weighted by Crippen LogP contribution is 2.22. The Morgan fingerprint density at radius 3 is 2.30 bits per heavy atom. The first-order valence-electron chi connectivity index (χ1n) is 6.98. The summed E-state index contributed by atoms with van der Waals surface area (Å²) in [4.78, 5) is 4.07. The molecule has 0 aliphatic heterocycles. The number of nitrogens with zero attached hydrogens (tertiary/aromatic N) is 2. The number of rotatable bonds is 4. The van der Waals surface area contributed by atoms with Crippen LogP contribution in [0.5, 0.6) is 0 Å². The van der Waals surface area contributed by atoms with Gasteiger partial charge in [0.15, 0.2) is 5.82 Å². The molecule has 0 unspecified atom stereocenters. The number of anilines is 1. The van der Waals surface area contributed by atoms with E-state index in [-0.39, 0.29) is 0 Å². The van der Waals surface area contributed by atoms with Crippen LogP contribution < -0.4 is 5.43 Å². The van der Waals surface area contributed by atoms with Crippen molar-refractivity contribution in [3.05, 3.63) is 82.5 Å². The third-order valence-corrected chi connectivity index (χ3v) is 3.70. The normalized spacial score (nSPS) is 10.9. The van der Waals surface area contributed by atoms with Crippen LogP contribution in [0.15, 0.2) is 72.0 Å². The van der Waals surface area contributed by atoms with Gasteiger partial charge >= 0.3 is 0 Å². The van der Waals surface area contributed by atoms with E-state index in [1.165, 1.54) is 11.8 Å². The predicted octanol–water partition coefficient (Wildman–Crippen LogP) is 5.50. The zero-order valence-corrected chi connectivity index (χ0v) is 13.6. The Balaban J connectivity index is 1.68. The van der Waals surface area contributed by atoms with Crippen molar-refractivity contribution in [1.29, 1.82) is 0 Å². The quantitative estimate of drug-likeness (QED) is 0.502. The molecule has 5 heteroatoms. The number of hydrogen-bond acceptors (Lipinski definition) is 3. The predicted molar refractivity (Wildman–Crippen MR) is 97.4 cm³/mol. The minimum Gasteiger partial charge on any atom is -0.260 e. The van der Waals surface area contributed by atoms with Crippen LogP contribution in [0.4, 0.5) is 5.82 Å². The molecule has 0 aliphatic rings. The smallest absolute Gasteiger partial charge is 0.165 e. The number of pyridine rings is 1. The minimum absolute atomic E-state index is 0.425. The number of aromatic nitrogens is 1. The van der Waals surface area contributed by atoms with Gasteiger partial charge in [-0.25, -0.2) is 4.98 Å². The van der Waals surface area contributed by atoms with Crippen LogP contribution in [0.25, 0.3) is 11.1 Å². The molecule has 3 nitrogen and oxygen atoms in total. The van der Waals surface area contributed by atoms with Gasteiger partial charge in [-0.15, -0.1) is 0 Å². The second-order valence-electron chi connectivity index (χ2n) is 4.84.